The summed E-state index contributed by atoms with van der Waals surface area (Å²) in [6.07, 6.45) is -5.21. The minimum Gasteiger partial charge on any atom is -0.507 e. The van der Waals surface area contributed by atoms with Crippen LogP contribution in [0.4, 0.5) is 0 Å². The van der Waals surface area contributed by atoms with Gasteiger partial charge in [-0.2, -0.15) is 0 Å². The Morgan fingerprint density at radius 1 is 1.12 bits per heavy atom. The number of carbonyl (C=O) groups excluding carboxylic acids is 3. The van der Waals surface area contributed by atoms with Crippen LogP contribution in [0.1, 0.15) is 74.4 Å². The monoisotopic (exact) mass is 579 g/mol. The predicted molar refractivity (Wildman–Crippen MR) is 138 cm³/mol. The van der Waals surface area contributed by atoms with Gasteiger partial charge in [-0.15, -0.1) is 12.4 Å². The number of ether oxygens (including phenoxy) is 2. The molecule has 216 valence electrons. The summed E-state index contributed by atoms with van der Waals surface area (Å²) in [6, 6.07) is 3.53. The average Bonchev–Trinajstić information content (AvgIpc) is 2.90. The zero-order valence-electron chi connectivity index (χ0n) is 21.4. The number of Topliss-reactive ketones (excluding diaryl/α,β-unsaturated/α-hetero) is 1. The van der Waals surface area contributed by atoms with Crippen LogP contribution in [-0.2, 0) is 27.3 Å². The van der Waals surface area contributed by atoms with Crippen molar-refractivity contribution in [3.05, 3.63) is 57.1 Å². The normalized spacial score (nSPS) is 29.2. The molecule has 1 saturated heterocycles. The van der Waals surface area contributed by atoms with Gasteiger partial charge in [0, 0.05) is 47.6 Å². The Morgan fingerprint density at radius 2 is 1.80 bits per heavy atom. The second-order valence-corrected chi connectivity index (χ2v) is 10.3. The molecule has 0 aromatic heterocycles. The maximum absolute atomic E-state index is 13.6. The van der Waals surface area contributed by atoms with E-state index in [0.717, 1.165) is 0 Å². The van der Waals surface area contributed by atoms with E-state index in [1.165, 1.54) is 18.2 Å². The van der Waals surface area contributed by atoms with Crippen LogP contribution in [0.25, 0.3) is 0 Å². The molecule has 3 unspecified atom stereocenters. The number of benzene rings is 2. The van der Waals surface area contributed by atoms with E-state index in [4.69, 9.17) is 15.2 Å². The van der Waals surface area contributed by atoms with E-state index in [2.05, 4.69) is 0 Å². The highest BCUT2D eigenvalue weighted by Crippen LogP contribution is 2.52. The first kappa shape index (κ1) is 30.0. The van der Waals surface area contributed by atoms with Crippen molar-refractivity contribution in [3.8, 4) is 11.5 Å². The van der Waals surface area contributed by atoms with Gasteiger partial charge in [0.1, 0.15) is 23.7 Å². The van der Waals surface area contributed by atoms with Crippen LogP contribution in [0.5, 0.6) is 11.5 Å². The van der Waals surface area contributed by atoms with Crippen LogP contribution in [0.3, 0.4) is 0 Å². The van der Waals surface area contributed by atoms with E-state index in [1.807, 2.05) is 0 Å². The van der Waals surface area contributed by atoms with Crippen molar-refractivity contribution >= 4 is 29.8 Å². The first-order valence-corrected chi connectivity index (χ1v) is 12.5. The van der Waals surface area contributed by atoms with E-state index < -0.39 is 102 Å². The van der Waals surface area contributed by atoms with Crippen LogP contribution in [0.15, 0.2) is 18.2 Å². The van der Waals surface area contributed by atoms with E-state index in [0.29, 0.717) is 0 Å². The Balaban J connectivity index is 0.00000370. The number of phenolic OH excluding ortho intramolecular Hbond substituents is 2. The van der Waals surface area contributed by atoms with Crippen LogP contribution in [-0.4, -0.2) is 84.7 Å². The van der Waals surface area contributed by atoms with Crippen molar-refractivity contribution in [3.63, 3.8) is 0 Å². The van der Waals surface area contributed by atoms with E-state index in [9.17, 15) is 45.0 Å². The number of carbonyl (C=O) groups is 3. The lowest BCUT2D eigenvalue weighted by Crippen LogP contribution is -2.53. The number of rotatable bonds is 5. The van der Waals surface area contributed by atoms with Crippen molar-refractivity contribution < 1.29 is 54.5 Å². The molecular weight excluding hydrogens is 550 g/mol. The lowest BCUT2D eigenvalue weighted by Gasteiger charge is -2.42. The minimum absolute atomic E-state index is 0. The largest absolute Gasteiger partial charge is 0.507 e. The molecule has 0 radical (unpaired) electrons. The van der Waals surface area contributed by atoms with Gasteiger partial charge in [0.25, 0.3) is 0 Å². The fourth-order valence-electron chi connectivity index (χ4n) is 5.81. The second-order valence-electron chi connectivity index (χ2n) is 10.3. The molecular formula is C27H30ClNO11. The van der Waals surface area contributed by atoms with E-state index >= 15 is 0 Å². The van der Waals surface area contributed by atoms with Crippen LogP contribution < -0.4 is 5.73 Å². The highest BCUT2D eigenvalue weighted by atomic mass is 35.5. The Labute approximate surface area is 234 Å². The van der Waals surface area contributed by atoms with E-state index in [1.54, 1.807) is 6.92 Å². The Hall–Kier alpha value is -2.94. The Morgan fingerprint density at radius 3 is 2.42 bits per heavy atom. The number of ketones is 3. The maximum Gasteiger partial charge on any atom is 0.198 e. The highest BCUT2D eigenvalue weighted by molar-refractivity contribution is 6.31. The molecule has 1 fully saturated rings. The predicted octanol–water partition coefficient (Wildman–Crippen LogP) is -0.0932. The SMILES string of the molecule is C[C@@H]1OC(O[C@H]2C[C@](O)(C(=O)CO)Cc3c(O)c4c(c(O)c32)C(=O)c2c(CO)cccc2C4=O)CC(N)C1O.Cl. The van der Waals surface area contributed by atoms with Gasteiger partial charge in [-0.05, 0) is 12.5 Å². The average molecular weight is 580 g/mol. The summed E-state index contributed by atoms with van der Waals surface area (Å²) in [5.41, 5.74) is 2.35. The quantitative estimate of drug-likeness (QED) is 0.197. The zero-order valence-corrected chi connectivity index (χ0v) is 22.2. The first-order chi connectivity index (χ1) is 18.4. The summed E-state index contributed by atoms with van der Waals surface area (Å²) in [6.45, 7) is -0.0137. The third kappa shape index (κ3) is 4.50. The van der Waals surface area contributed by atoms with Crippen molar-refractivity contribution in [1.29, 1.82) is 0 Å². The molecule has 1 heterocycles. The summed E-state index contributed by atoms with van der Waals surface area (Å²) in [5, 5.41) is 63.4. The van der Waals surface area contributed by atoms with Crippen molar-refractivity contribution in [2.24, 2.45) is 5.73 Å². The van der Waals surface area contributed by atoms with Crippen molar-refractivity contribution in [1.82, 2.24) is 0 Å². The Bertz CT molecular complexity index is 1380. The highest BCUT2D eigenvalue weighted by Gasteiger charge is 2.50. The lowest BCUT2D eigenvalue weighted by molar-refractivity contribution is -0.247. The summed E-state index contributed by atoms with van der Waals surface area (Å²) < 4.78 is 11.7. The number of hydrogen-bond acceptors (Lipinski definition) is 12. The minimum atomic E-state index is -2.25. The molecule has 13 heteroatoms. The number of nitrogens with two attached hydrogens (primary N) is 1. The van der Waals surface area contributed by atoms with Gasteiger partial charge in [-0.25, -0.2) is 0 Å². The van der Waals surface area contributed by atoms with Crippen molar-refractivity contribution in [2.75, 3.05) is 6.61 Å². The topological polar surface area (TPSA) is 217 Å². The third-order valence-electron chi connectivity index (χ3n) is 7.88. The molecule has 8 N–H and O–H groups in total. The number of halogens is 1. The number of aliphatic hydroxyl groups excluding tert-OH is 3. The Kier molecular flexibility index (Phi) is 8.11. The van der Waals surface area contributed by atoms with Gasteiger partial charge >= 0.3 is 0 Å². The molecule has 0 amide bonds. The van der Waals surface area contributed by atoms with Gasteiger partial charge in [-0.3, -0.25) is 14.4 Å². The van der Waals surface area contributed by atoms with Gasteiger partial charge in [0.05, 0.1) is 36.0 Å². The third-order valence-corrected chi connectivity index (χ3v) is 7.88. The maximum atomic E-state index is 13.6. The van der Waals surface area contributed by atoms with Gasteiger partial charge < -0.3 is 45.8 Å². The molecule has 3 aliphatic rings. The van der Waals surface area contributed by atoms with Gasteiger partial charge in [0.15, 0.2) is 23.6 Å². The van der Waals surface area contributed by atoms with Crippen molar-refractivity contribution in [2.45, 2.75) is 69.0 Å². The molecule has 5 rings (SSSR count). The number of aromatic hydroxyl groups is 2. The number of fused-ring (bicyclic) bond motifs is 3. The molecule has 0 bridgehead atoms. The zero-order chi connectivity index (χ0) is 28.4. The fourth-order valence-corrected chi connectivity index (χ4v) is 5.81. The molecule has 12 nitrogen and oxygen atoms in total. The van der Waals surface area contributed by atoms with E-state index in [-0.39, 0.29) is 46.6 Å². The molecule has 6 atom stereocenters. The summed E-state index contributed by atoms with van der Waals surface area (Å²) in [5.74, 6) is -4.00. The smallest absolute Gasteiger partial charge is 0.198 e. The molecule has 0 saturated carbocycles. The summed E-state index contributed by atoms with van der Waals surface area (Å²) in [7, 11) is 0. The molecule has 2 aromatic rings. The summed E-state index contributed by atoms with van der Waals surface area (Å²) in [4.78, 5) is 39.7. The first-order valence-electron chi connectivity index (χ1n) is 12.5. The lowest BCUT2D eigenvalue weighted by atomic mass is 9.71. The molecule has 0 spiro atoms. The number of aliphatic hydroxyl groups is 4. The molecule has 40 heavy (non-hydrogen) atoms. The molecule has 2 aromatic carbocycles. The second kappa shape index (κ2) is 10.8. The van der Waals surface area contributed by atoms with Gasteiger partial charge in [-0.1, -0.05) is 18.2 Å². The van der Waals surface area contributed by atoms with Crippen LogP contribution >= 0.6 is 12.4 Å². The number of phenols is 2. The number of hydrogen-bond donors (Lipinski definition) is 7. The summed E-state index contributed by atoms with van der Waals surface area (Å²) >= 11 is 0. The van der Waals surface area contributed by atoms with Crippen LogP contribution in [0, 0.1) is 0 Å². The fraction of sp³-hybridized carbons (Fsp3) is 0.444. The molecule has 1 aliphatic heterocycles. The standard InChI is InChI=1S/C27H29NO11.ClH/c1-10-22(32)14(28)5-17(38-10)39-15-7-27(37,16(31)9-30)6-13-19(15)26(36)21-20(24(13)34)23(33)12-4-2-3-11(8-29)18(12)25(21)35;/h2-4,10,14-15,17,22,29-30,32,34,36-37H,5-9,28H2,1H3;1H/t10-,14?,15-,17?,22?,27-;/m0./s1. The molecule has 2 aliphatic carbocycles. The van der Waals surface area contributed by atoms with Crippen LogP contribution in [0.2, 0.25) is 0 Å². The van der Waals surface area contributed by atoms with Gasteiger partial charge in [0.2, 0.25) is 0 Å².